The van der Waals surface area contributed by atoms with Crippen LogP contribution >= 0.6 is 0 Å². The van der Waals surface area contributed by atoms with Crippen molar-refractivity contribution in [2.45, 2.75) is 78.0 Å². The van der Waals surface area contributed by atoms with Gasteiger partial charge in [-0.05, 0) is 59.8 Å². The second-order valence-corrected chi connectivity index (χ2v) is 7.30. The molecule has 1 aliphatic rings. The molecule has 0 aromatic heterocycles. The molecule has 3 heteroatoms. The van der Waals surface area contributed by atoms with E-state index in [0.29, 0.717) is 6.42 Å². The third-order valence-corrected chi connectivity index (χ3v) is 4.69. The van der Waals surface area contributed by atoms with Crippen LogP contribution in [-0.4, -0.2) is 28.5 Å². The maximum Gasteiger partial charge on any atom is 0.0876 e. The van der Waals surface area contributed by atoms with Gasteiger partial charge in [0.1, 0.15) is 0 Å². The summed E-state index contributed by atoms with van der Waals surface area (Å²) in [5.41, 5.74) is 10.1. The molecule has 4 atom stereocenters. The van der Waals surface area contributed by atoms with Crippen molar-refractivity contribution in [1.82, 2.24) is 0 Å². The zero-order valence-electron chi connectivity index (χ0n) is 15.7. The summed E-state index contributed by atoms with van der Waals surface area (Å²) in [5.74, 6) is -0.110. The molecular formula is C21H35NO2. The smallest absolute Gasteiger partial charge is 0.0876 e. The second-order valence-electron chi connectivity index (χ2n) is 7.30. The van der Waals surface area contributed by atoms with Crippen LogP contribution < -0.4 is 5.73 Å². The molecular weight excluding hydrogens is 298 g/mol. The van der Waals surface area contributed by atoms with E-state index >= 15 is 0 Å². The van der Waals surface area contributed by atoms with Gasteiger partial charge in [0.25, 0.3) is 0 Å². The molecule has 0 saturated carbocycles. The van der Waals surface area contributed by atoms with Crippen LogP contribution in [0.4, 0.5) is 0 Å². The summed E-state index contributed by atoms with van der Waals surface area (Å²) in [6, 6.07) is -0.397. The first-order chi connectivity index (χ1) is 11.3. The highest BCUT2D eigenvalue weighted by Crippen LogP contribution is 2.23. The van der Waals surface area contributed by atoms with Gasteiger partial charge in [0.15, 0.2) is 0 Å². The first-order valence-corrected chi connectivity index (χ1v) is 9.06. The van der Waals surface area contributed by atoms with Gasteiger partial charge in [-0.3, -0.25) is 0 Å². The van der Waals surface area contributed by atoms with Gasteiger partial charge in [-0.25, -0.2) is 0 Å². The van der Waals surface area contributed by atoms with E-state index in [1.165, 1.54) is 16.7 Å². The van der Waals surface area contributed by atoms with E-state index in [4.69, 9.17) is 5.73 Å². The Morgan fingerprint density at radius 1 is 0.875 bits per heavy atom. The molecule has 136 valence electrons. The largest absolute Gasteiger partial charge is 0.389 e. The van der Waals surface area contributed by atoms with E-state index in [1.54, 1.807) is 12.2 Å². The number of hydrogen-bond donors (Lipinski definition) is 3. The topological polar surface area (TPSA) is 66.5 Å². The Labute approximate surface area is 147 Å². The maximum atomic E-state index is 10.0. The number of aliphatic hydroxyl groups is 2. The Morgan fingerprint density at radius 3 is 2.04 bits per heavy atom. The molecule has 0 saturated heterocycles. The van der Waals surface area contributed by atoms with Gasteiger partial charge in [0.2, 0.25) is 0 Å². The van der Waals surface area contributed by atoms with Crippen LogP contribution in [0.5, 0.6) is 0 Å². The van der Waals surface area contributed by atoms with Crippen molar-refractivity contribution in [3.8, 4) is 0 Å². The summed E-state index contributed by atoms with van der Waals surface area (Å²) >= 11 is 0. The average Bonchev–Trinajstić information content (AvgIpc) is 2.50. The molecule has 4 N–H and O–H groups in total. The van der Waals surface area contributed by atoms with Crippen molar-refractivity contribution < 1.29 is 10.2 Å². The first kappa shape index (κ1) is 20.9. The van der Waals surface area contributed by atoms with Crippen LogP contribution in [0.2, 0.25) is 0 Å². The highest BCUT2D eigenvalue weighted by molar-refractivity contribution is 5.12. The SMILES string of the molecule is CC(C)=CCC/C(C)=C/CC/C(C)=C/CC1C(O)C=CC(O)C1N. The Balaban J connectivity index is 2.39. The molecule has 24 heavy (non-hydrogen) atoms. The van der Waals surface area contributed by atoms with Crippen LogP contribution in [0.25, 0.3) is 0 Å². The van der Waals surface area contributed by atoms with E-state index in [0.717, 1.165) is 25.7 Å². The van der Waals surface area contributed by atoms with Gasteiger partial charge < -0.3 is 15.9 Å². The van der Waals surface area contributed by atoms with Crippen LogP contribution in [-0.2, 0) is 0 Å². The summed E-state index contributed by atoms with van der Waals surface area (Å²) < 4.78 is 0. The van der Waals surface area contributed by atoms with E-state index in [2.05, 4.69) is 45.9 Å². The van der Waals surface area contributed by atoms with E-state index in [9.17, 15) is 10.2 Å². The second kappa shape index (κ2) is 10.7. The normalized spacial score (nSPS) is 28.1. The quantitative estimate of drug-likeness (QED) is 0.588. The zero-order valence-corrected chi connectivity index (χ0v) is 15.7. The number of nitrogens with two attached hydrogens (primary N) is 1. The molecule has 1 aliphatic carbocycles. The lowest BCUT2D eigenvalue weighted by Crippen LogP contribution is -2.47. The molecule has 3 nitrogen and oxygen atoms in total. The number of rotatable bonds is 8. The Bertz CT molecular complexity index is 498. The van der Waals surface area contributed by atoms with Crippen molar-refractivity contribution in [1.29, 1.82) is 0 Å². The molecule has 0 amide bonds. The number of aliphatic hydroxyl groups excluding tert-OH is 2. The Kier molecular flexibility index (Phi) is 9.27. The zero-order chi connectivity index (χ0) is 18.1. The molecule has 0 bridgehead atoms. The lowest BCUT2D eigenvalue weighted by atomic mass is 9.82. The Hall–Kier alpha value is -1.16. The number of allylic oxidation sites excluding steroid dienone is 6. The minimum Gasteiger partial charge on any atom is -0.389 e. The van der Waals surface area contributed by atoms with Gasteiger partial charge in [-0.1, -0.05) is 47.1 Å². The van der Waals surface area contributed by atoms with E-state index in [1.807, 2.05) is 0 Å². The van der Waals surface area contributed by atoms with Crippen molar-refractivity contribution in [3.63, 3.8) is 0 Å². The standard InChI is InChI=1S/C21H35NO2/c1-15(2)7-5-8-16(3)9-6-10-17(4)11-12-18-19(23)13-14-20(24)21(18)22/h7,9,11,13-14,18-21,23-24H,5-6,8,10,12,22H2,1-4H3/b16-9+,17-11+. The van der Waals surface area contributed by atoms with Gasteiger partial charge >= 0.3 is 0 Å². The predicted molar refractivity (Wildman–Crippen MR) is 103 cm³/mol. The lowest BCUT2D eigenvalue weighted by molar-refractivity contribution is 0.0720. The number of hydrogen-bond acceptors (Lipinski definition) is 3. The predicted octanol–water partition coefficient (Wildman–Crippen LogP) is 4.03. The molecule has 0 aliphatic heterocycles. The van der Waals surface area contributed by atoms with Crippen LogP contribution in [0.1, 0.15) is 59.8 Å². The van der Waals surface area contributed by atoms with Crippen LogP contribution in [0.3, 0.4) is 0 Å². The molecule has 0 aromatic rings. The summed E-state index contributed by atoms with van der Waals surface area (Å²) in [4.78, 5) is 0. The van der Waals surface area contributed by atoms with Crippen LogP contribution in [0, 0.1) is 5.92 Å². The van der Waals surface area contributed by atoms with Gasteiger partial charge in [0.05, 0.1) is 12.2 Å². The first-order valence-electron chi connectivity index (χ1n) is 9.06. The summed E-state index contributed by atoms with van der Waals surface area (Å²) in [6.07, 6.45) is 13.8. The monoisotopic (exact) mass is 333 g/mol. The molecule has 0 fully saturated rings. The average molecular weight is 334 g/mol. The van der Waals surface area contributed by atoms with E-state index in [-0.39, 0.29) is 5.92 Å². The molecule has 0 radical (unpaired) electrons. The summed E-state index contributed by atoms with van der Waals surface area (Å²) in [5, 5.41) is 19.8. The molecule has 0 spiro atoms. The fourth-order valence-corrected chi connectivity index (χ4v) is 2.95. The minimum absolute atomic E-state index is 0.110. The lowest BCUT2D eigenvalue weighted by Gasteiger charge is -2.32. The molecule has 4 unspecified atom stereocenters. The highest BCUT2D eigenvalue weighted by Gasteiger charge is 2.31. The fraction of sp³-hybridized carbons (Fsp3) is 0.619. The highest BCUT2D eigenvalue weighted by atomic mass is 16.3. The van der Waals surface area contributed by atoms with Crippen LogP contribution in [0.15, 0.2) is 47.1 Å². The van der Waals surface area contributed by atoms with Crippen molar-refractivity contribution in [2.75, 3.05) is 0 Å². The summed E-state index contributed by atoms with van der Waals surface area (Å²) in [7, 11) is 0. The molecule has 1 rings (SSSR count). The van der Waals surface area contributed by atoms with Crippen molar-refractivity contribution >= 4 is 0 Å². The third-order valence-electron chi connectivity index (χ3n) is 4.69. The molecule has 0 heterocycles. The Morgan fingerprint density at radius 2 is 1.42 bits per heavy atom. The fourth-order valence-electron chi connectivity index (χ4n) is 2.95. The summed E-state index contributed by atoms with van der Waals surface area (Å²) in [6.45, 7) is 8.59. The van der Waals surface area contributed by atoms with Gasteiger partial charge in [-0.15, -0.1) is 0 Å². The maximum absolute atomic E-state index is 10.0. The van der Waals surface area contributed by atoms with Gasteiger partial charge in [-0.2, -0.15) is 0 Å². The van der Waals surface area contributed by atoms with Crippen molar-refractivity contribution in [3.05, 3.63) is 47.1 Å². The molecule has 0 aromatic carbocycles. The minimum atomic E-state index is -0.654. The third kappa shape index (κ3) is 7.61. The van der Waals surface area contributed by atoms with Crippen molar-refractivity contribution in [2.24, 2.45) is 11.7 Å². The van der Waals surface area contributed by atoms with E-state index < -0.39 is 18.2 Å². The van der Waals surface area contributed by atoms with Gasteiger partial charge in [0, 0.05) is 12.0 Å².